The fourth-order valence-corrected chi connectivity index (χ4v) is 2.62. The molecule has 27 heavy (non-hydrogen) atoms. The van der Waals surface area contributed by atoms with E-state index in [2.05, 4.69) is 10.6 Å². The Balaban J connectivity index is 1.80. The van der Waals surface area contributed by atoms with Crippen molar-refractivity contribution in [2.24, 2.45) is 0 Å². The number of rotatable bonds is 7. The number of hydrogen-bond acceptors (Lipinski definition) is 8. The van der Waals surface area contributed by atoms with Crippen molar-refractivity contribution in [2.45, 2.75) is 37.3 Å². The molecule has 1 heterocycles. The molecular formula is C17H24N2O8. The number of carbonyl (C=O) groups is 2. The molecule has 10 nitrogen and oxygen atoms in total. The molecule has 0 saturated carbocycles. The maximum atomic E-state index is 12.0. The minimum Gasteiger partial charge on any atom is -0.445 e. The molecule has 150 valence electrons. The Morgan fingerprint density at radius 2 is 1.89 bits per heavy atom. The number of nitrogens with one attached hydrogen (secondary N) is 2. The second-order valence-electron chi connectivity index (χ2n) is 5.95. The summed E-state index contributed by atoms with van der Waals surface area (Å²) < 4.78 is 15.1. The van der Waals surface area contributed by atoms with Crippen molar-refractivity contribution < 1.29 is 39.1 Å². The number of aliphatic hydroxyl groups excluding tert-OH is 3. The van der Waals surface area contributed by atoms with Gasteiger partial charge in [0.05, 0.1) is 12.6 Å². The zero-order valence-corrected chi connectivity index (χ0v) is 14.8. The molecule has 0 aromatic heterocycles. The Morgan fingerprint density at radius 3 is 2.52 bits per heavy atom. The summed E-state index contributed by atoms with van der Waals surface area (Å²) in [5.41, 5.74) is 0.797. The van der Waals surface area contributed by atoms with E-state index in [0.717, 1.165) is 5.56 Å². The van der Waals surface area contributed by atoms with E-state index < -0.39 is 55.8 Å². The number of hydrogen-bond donors (Lipinski definition) is 5. The average Bonchev–Trinajstić information content (AvgIpc) is 2.69. The van der Waals surface area contributed by atoms with Crippen molar-refractivity contribution in [2.75, 3.05) is 20.3 Å². The van der Waals surface area contributed by atoms with Crippen LogP contribution < -0.4 is 10.6 Å². The number of methoxy groups -OCH3 is 1. The molecule has 0 bridgehead atoms. The van der Waals surface area contributed by atoms with E-state index in [-0.39, 0.29) is 6.61 Å². The molecule has 5 N–H and O–H groups in total. The summed E-state index contributed by atoms with van der Waals surface area (Å²) in [6.45, 7) is -0.893. The van der Waals surface area contributed by atoms with Crippen LogP contribution in [0.2, 0.25) is 0 Å². The third-order valence-corrected chi connectivity index (χ3v) is 4.05. The first-order chi connectivity index (χ1) is 13.0. The summed E-state index contributed by atoms with van der Waals surface area (Å²) in [7, 11) is 1.28. The van der Waals surface area contributed by atoms with Gasteiger partial charge in [0, 0.05) is 7.11 Å². The molecule has 0 unspecified atom stereocenters. The van der Waals surface area contributed by atoms with Gasteiger partial charge < -0.3 is 40.2 Å². The molecule has 1 aliphatic heterocycles. The Bertz CT molecular complexity index is 598. The molecular weight excluding hydrogens is 360 g/mol. The second kappa shape index (κ2) is 10.2. The highest BCUT2D eigenvalue weighted by atomic mass is 16.7. The first kappa shape index (κ1) is 21.1. The summed E-state index contributed by atoms with van der Waals surface area (Å²) in [6, 6.07) is 7.89. The van der Waals surface area contributed by atoms with Crippen molar-refractivity contribution >= 4 is 12.0 Å². The lowest BCUT2D eigenvalue weighted by Gasteiger charge is -2.41. The lowest BCUT2D eigenvalue weighted by molar-refractivity contribution is -0.271. The van der Waals surface area contributed by atoms with Crippen LogP contribution in [-0.2, 0) is 25.6 Å². The van der Waals surface area contributed by atoms with Crippen LogP contribution in [0.5, 0.6) is 0 Å². The molecule has 2 rings (SSSR count). The Hall–Kier alpha value is -2.24. The molecule has 1 aromatic rings. The first-order valence-corrected chi connectivity index (χ1v) is 8.35. The lowest BCUT2D eigenvalue weighted by atomic mass is 9.96. The topological polar surface area (TPSA) is 147 Å². The number of aliphatic hydroxyl groups is 3. The van der Waals surface area contributed by atoms with Crippen LogP contribution >= 0.6 is 0 Å². The quantitative estimate of drug-likeness (QED) is 0.381. The predicted octanol–water partition coefficient (Wildman–Crippen LogP) is -1.52. The van der Waals surface area contributed by atoms with Crippen molar-refractivity contribution in [3.05, 3.63) is 35.9 Å². The van der Waals surface area contributed by atoms with Crippen molar-refractivity contribution in [3.63, 3.8) is 0 Å². The third-order valence-electron chi connectivity index (χ3n) is 4.05. The highest BCUT2D eigenvalue weighted by Gasteiger charge is 2.45. The van der Waals surface area contributed by atoms with Gasteiger partial charge in [-0.2, -0.15) is 0 Å². The fourth-order valence-electron chi connectivity index (χ4n) is 2.62. The molecule has 5 atom stereocenters. The summed E-state index contributed by atoms with van der Waals surface area (Å²) in [4.78, 5) is 23.7. The monoisotopic (exact) mass is 384 g/mol. The number of ether oxygens (including phenoxy) is 3. The van der Waals surface area contributed by atoms with Crippen molar-refractivity contribution in [1.82, 2.24) is 10.6 Å². The van der Waals surface area contributed by atoms with Crippen molar-refractivity contribution in [1.29, 1.82) is 0 Å². The van der Waals surface area contributed by atoms with Crippen LogP contribution in [0.3, 0.4) is 0 Å². The van der Waals surface area contributed by atoms with Gasteiger partial charge in [-0.15, -0.1) is 0 Å². The van der Waals surface area contributed by atoms with E-state index in [1.165, 1.54) is 7.11 Å². The van der Waals surface area contributed by atoms with Gasteiger partial charge in [-0.05, 0) is 5.56 Å². The molecule has 0 aliphatic carbocycles. The van der Waals surface area contributed by atoms with Crippen molar-refractivity contribution in [3.8, 4) is 0 Å². The summed E-state index contributed by atoms with van der Waals surface area (Å²) >= 11 is 0. The molecule has 0 spiro atoms. The number of alkyl carbamates (subject to hydrolysis) is 1. The van der Waals surface area contributed by atoms with Crippen LogP contribution in [0.1, 0.15) is 5.56 Å². The standard InChI is InChI=1S/C17H24N2O8/c1-25-16-15(23)13(14(22)11(8-20)27-16)19-12(21)7-18-17(24)26-9-10-5-3-2-4-6-10/h2-6,11,13-16,20,22-23H,7-9H2,1H3,(H,18,24)(H,19,21)/t11-,13+,14-,15-,16+/m1/s1. The third kappa shape index (κ3) is 5.88. The van der Waals surface area contributed by atoms with E-state index >= 15 is 0 Å². The Morgan fingerprint density at radius 1 is 1.19 bits per heavy atom. The molecule has 10 heteroatoms. The Labute approximate surface area is 156 Å². The van der Waals surface area contributed by atoms with Crippen LogP contribution in [0.25, 0.3) is 0 Å². The van der Waals surface area contributed by atoms with Gasteiger partial charge in [0.25, 0.3) is 0 Å². The van der Waals surface area contributed by atoms with Crippen LogP contribution in [0, 0.1) is 0 Å². The minimum absolute atomic E-state index is 0.0549. The van der Waals surface area contributed by atoms with E-state index in [1.54, 1.807) is 12.1 Å². The van der Waals surface area contributed by atoms with Gasteiger partial charge in [0.1, 0.15) is 31.5 Å². The highest BCUT2D eigenvalue weighted by molar-refractivity contribution is 5.82. The minimum atomic E-state index is -1.36. The average molecular weight is 384 g/mol. The van der Waals surface area contributed by atoms with Gasteiger partial charge in [-0.1, -0.05) is 30.3 Å². The van der Waals surface area contributed by atoms with E-state index in [0.29, 0.717) is 0 Å². The smallest absolute Gasteiger partial charge is 0.407 e. The van der Waals surface area contributed by atoms with Gasteiger partial charge in [-0.3, -0.25) is 4.79 Å². The molecule has 1 fully saturated rings. The highest BCUT2D eigenvalue weighted by Crippen LogP contribution is 2.21. The summed E-state index contributed by atoms with van der Waals surface area (Å²) in [5, 5.41) is 34.2. The number of benzene rings is 1. The number of carbonyl (C=O) groups excluding carboxylic acids is 2. The number of amides is 2. The zero-order valence-electron chi connectivity index (χ0n) is 14.8. The summed E-state index contributed by atoms with van der Waals surface area (Å²) in [6.07, 6.45) is -5.66. The second-order valence-corrected chi connectivity index (χ2v) is 5.95. The maximum Gasteiger partial charge on any atom is 0.407 e. The van der Waals surface area contributed by atoms with Gasteiger partial charge in [0.15, 0.2) is 6.29 Å². The summed E-state index contributed by atoms with van der Waals surface area (Å²) in [5.74, 6) is -0.664. The normalized spacial score (nSPS) is 27.6. The first-order valence-electron chi connectivity index (χ1n) is 8.35. The molecule has 0 radical (unpaired) electrons. The molecule has 2 amide bonds. The zero-order chi connectivity index (χ0) is 19.8. The molecule has 1 saturated heterocycles. The SMILES string of the molecule is CO[C@H]1O[C@H](CO)[C@@H](O)[C@H](NC(=O)CNC(=O)OCc2ccccc2)[C@H]1O. The van der Waals surface area contributed by atoms with Gasteiger partial charge in [0.2, 0.25) is 5.91 Å². The largest absolute Gasteiger partial charge is 0.445 e. The van der Waals surface area contributed by atoms with Crippen LogP contribution in [-0.4, -0.2) is 78.2 Å². The fraction of sp³-hybridized carbons (Fsp3) is 0.529. The van der Waals surface area contributed by atoms with E-state index in [9.17, 15) is 24.9 Å². The maximum absolute atomic E-state index is 12.0. The van der Waals surface area contributed by atoms with Gasteiger partial charge in [-0.25, -0.2) is 4.79 Å². The lowest BCUT2D eigenvalue weighted by Crippen LogP contribution is -2.65. The predicted molar refractivity (Wildman–Crippen MR) is 91.3 cm³/mol. The Kier molecular flexibility index (Phi) is 7.95. The van der Waals surface area contributed by atoms with Crippen LogP contribution in [0.15, 0.2) is 30.3 Å². The molecule has 1 aromatic carbocycles. The van der Waals surface area contributed by atoms with E-state index in [1.807, 2.05) is 18.2 Å². The molecule has 1 aliphatic rings. The van der Waals surface area contributed by atoms with Gasteiger partial charge >= 0.3 is 6.09 Å². The van der Waals surface area contributed by atoms with Crippen LogP contribution in [0.4, 0.5) is 4.79 Å². The van der Waals surface area contributed by atoms with E-state index in [4.69, 9.17) is 14.2 Å².